The Hall–Kier alpha value is -1.02. The normalized spacial score (nSPS) is 23.4. The molecule has 1 N–H and O–H groups in total. The van der Waals surface area contributed by atoms with Gasteiger partial charge in [-0.1, -0.05) is 26.0 Å². The molecule has 0 spiro atoms. The molecule has 0 amide bonds. The molecule has 2 nitrogen and oxygen atoms in total. The fraction of sp³-hybridized carbons (Fsp3) is 0.647. The van der Waals surface area contributed by atoms with Gasteiger partial charge in [0.25, 0.3) is 0 Å². The van der Waals surface area contributed by atoms with Gasteiger partial charge in [-0.2, -0.15) is 0 Å². The van der Waals surface area contributed by atoms with Gasteiger partial charge in [0.2, 0.25) is 0 Å². The van der Waals surface area contributed by atoms with Gasteiger partial charge >= 0.3 is 0 Å². The maximum atomic E-state index is 5.81. The third-order valence-corrected chi connectivity index (χ3v) is 3.80. The molecule has 1 fully saturated rings. The Morgan fingerprint density at radius 2 is 2.11 bits per heavy atom. The van der Waals surface area contributed by atoms with E-state index in [2.05, 4.69) is 57.3 Å². The summed E-state index contributed by atoms with van der Waals surface area (Å²) in [5, 5.41) is 3.70. The minimum Gasteiger partial charge on any atom is -0.491 e. The van der Waals surface area contributed by atoms with E-state index >= 15 is 0 Å². The molecule has 1 saturated carbocycles. The van der Waals surface area contributed by atoms with Crippen LogP contribution in [0.25, 0.3) is 0 Å². The van der Waals surface area contributed by atoms with E-state index in [0.717, 1.165) is 24.1 Å². The molecule has 0 saturated heterocycles. The molecule has 1 aromatic rings. The first-order valence-corrected chi connectivity index (χ1v) is 7.61. The third kappa shape index (κ3) is 3.97. The SMILES string of the molecule is CCCNC(c1cccc(OC(C)C)c1)C1CC1C. The smallest absolute Gasteiger partial charge is 0.120 e. The van der Waals surface area contributed by atoms with Crippen LogP contribution in [0.5, 0.6) is 5.75 Å². The molecule has 106 valence electrons. The van der Waals surface area contributed by atoms with Crippen molar-refractivity contribution in [3.05, 3.63) is 29.8 Å². The van der Waals surface area contributed by atoms with E-state index < -0.39 is 0 Å². The molecule has 0 aromatic heterocycles. The fourth-order valence-electron chi connectivity index (χ4n) is 2.69. The Labute approximate surface area is 117 Å². The van der Waals surface area contributed by atoms with Gasteiger partial charge in [-0.25, -0.2) is 0 Å². The van der Waals surface area contributed by atoms with Gasteiger partial charge in [0.1, 0.15) is 5.75 Å². The first-order valence-electron chi connectivity index (χ1n) is 7.61. The van der Waals surface area contributed by atoms with Crippen molar-refractivity contribution in [2.75, 3.05) is 6.54 Å². The van der Waals surface area contributed by atoms with Crippen LogP contribution in [0.15, 0.2) is 24.3 Å². The van der Waals surface area contributed by atoms with Crippen molar-refractivity contribution >= 4 is 0 Å². The second kappa shape index (κ2) is 6.42. The number of nitrogens with one attached hydrogen (secondary N) is 1. The highest BCUT2D eigenvalue weighted by Crippen LogP contribution is 2.47. The molecule has 0 heterocycles. The summed E-state index contributed by atoms with van der Waals surface area (Å²) in [5.41, 5.74) is 1.38. The van der Waals surface area contributed by atoms with Crippen LogP contribution in [0.3, 0.4) is 0 Å². The Kier molecular flexibility index (Phi) is 4.87. The van der Waals surface area contributed by atoms with Gasteiger partial charge in [-0.05, 0) is 62.8 Å². The van der Waals surface area contributed by atoms with Crippen LogP contribution in [0.1, 0.15) is 52.1 Å². The lowest BCUT2D eigenvalue weighted by Crippen LogP contribution is -2.24. The molecule has 3 atom stereocenters. The van der Waals surface area contributed by atoms with Gasteiger partial charge in [0, 0.05) is 6.04 Å². The highest BCUT2D eigenvalue weighted by molar-refractivity contribution is 5.32. The van der Waals surface area contributed by atoms with E-state index in [1.165, 1.54) is 18.4 Å². The molecule has 1 aliphatic carbocycles. The molecule has 19 heavy (non-hydrogen) atoms. The van der Waals surface area contributed by atoms with Crippen molar-refractivity contribution in [1.29, 1.82) is 0 Å². The van der Waals surface area contributed by atoms with Crippen molar-refractivity contribution in [2.24, 2.45) is 11.8 Å². The minimum atomic E-state index is 0.233. The first kappa shape index (κ1) is 14.4. The molecular formula is C17H27NO. The zero-order chi connectivity index (χ0) is 13.8. The van der Waals surface area contributed by atoms with E-state index in [9.17, 15) is 0 Å². The van der Waals surface area contributed by atoms with Crippen LogP contribution < -0.4 is 10.1 Å². The van der Waals surface area contributed by atoms with Crippen molar-refractivity contribution in [2.45, 2.75) is 52.7 Å². The van der Waals surface area contributed by atoms with E-state index in [1.54, 1.807) is 0 Å². The van der Waals surface area contributed by atoms with Crippen LogP contribution in [-0.2, 0) is 0 Å². The summed E-state index contributed by atoms with van der Waals surface area (Å²) in [6.45, 7) is 9.80. The molecule has 0 aliphatic heterocycles. The average Bonchev–Trinajstić information content (AvgIpc) is 3.06. The highest BCUT2D eigenvalue weighted by atomic mass is 16.5. The number of ether oxygens (including phenoxy) is 1. The fourth-order valence-corrected chi connectivity index (χ4v) is 2.69. The summed E-state index contributed by atoms with van der Waals surface area (Å²) < 4.78 is 5.81. The van der Waals surface area contributed by atoms with Crippen LogP contribution in [0, 0.1) is 11.8 Å². The molecule has 1 aliphatic rings. The topological polar surface area (TPSA) is 21.3 Å². The van der Waals surface area contributed by atoms with Gasteiger partial charge in [-0.3, -0.25) is 0 Å². The summed E-state index contributed by atoms with van der Waals surface area (Å²) in [6.07, 6.45) is 2.76. The Morgan fingerprint density at radius 3 is 2.68 bits per heavy atom. The van der Waals surface area contributed by atoms with E-state index in [-0.39, 0.29) is 6.10 Å². The number of benzene rings is 1. The van der Waals surface area contributed by atoms with E-state index in [1.807, 2.05) is 0 Å². The lowest BCUT2D eigenvalue weighted by molar-refractivity contribution is 0.242. The predicted molar refractivity (Wildman–Crippen MR) is 80.5 cm³/mol. The molecule has 0 bridgehead atoms. The van der Waals surface area contributed by atoms with Gasteiger partial charge in [0.15, 0.2) is 0 Å². The van der Waals surface area contributed by atoms with Crippen LogP contribution in [-0.4, -0.2) is 12.6 Å². The summed E-state index contributed by atoms with van der Waals surface area (Å²) in [6, 6.07) is 9.09. The third-order valence-electron chi connectivity index (χ3n) is 3.80. The highest BCUT2D eigenvalue weighted by Gasteiger charge is 2.39. The second-order valence-corrected chi connectivity index (χ2v) is 6.05. The summed E-state index contributed by atoms with van der Waals surface area (Å²) in [7, 11) is 0. The minimum absolute atomic E-state index is 0.233. The molecule has 3 unspecified atom stereocenters. The summed E-state index contributed by atoms with van der Waals surface area (Å²) >= 11 is 0. The quantitative estimate of drug-likeness (QED) is 0.795. The average molecular weight is 261 g/mol. The zero-order valence-electron chi connectivity index (χ0n) is 12.6. The van der Waals surface area contributed by atoms with Crippen LogP contribution in [0.2, 0.25) is 0 Å². The molecule has 2 heteroatoms. The summed E-state index contributed by atoms with van der Waals surface area (Å²) in [5.74, 6) is 2.63. The van der Waals surface area contributed by atoms with E-state index in [4.69, 9.17) is 4.74 Å². The molecular weight excluding hydrogens is 234 g/mol. The first-order chi connectivity index (χ1) is 9.11. The zero-order valence-corrected chi connectivity index (χ0v) is 12.6. The molecule has 2 rings (SSSR count). The maximum absolute atomic E-state index is 5.81. The van der Waals surface area contributed by atoms with Gasteiger partial charge in [0.05, 0.1) is 6.10 Å². The van der Waals surface area contributed by atoms with Crippen molar-refractivity contribution in [1.82, 2.24) is 5.32 Å². The Bertz CT molecular complexity index is 402. The van der Waals surface area contributed by atoms with Gasteiger partial charge in [-0.15, -0.1) is 0 Å². The Balaban J connectivity index is 2.11. The lowest BCUT2D eigenvalue weighted by atomic mass is 10.0. The van der Waals surface area contributed by atoms with E-state index in [0.29, 0.717) is 6.04 Å². The second-order valence-electron chi connectivity index (χ2n) is 6.05. The molecule has 1 aromatic carbocycles. The van der Waals surface area contributed by atoms with Crippen LogP contribution in [0.4, 0.5) is 0 Å². The maximum Gasteiger partial charge on any atom is 0.120 e. The van der Waals surface area contributed by atoms with Gasteiger partial charge < -0.3 is 10.1 Å². The van der Waals surface area contributed by atoms with Crippen molar-refractivity contribution in [3.8, 4) is 5.75 Å². The Morgan fingerprint density at radius 1 is 1.37 bits per heavy atom. The lowest BCUT2D eigenvalue weighted by Gasteiger charge is -2.20. The standard InChI is InChI=1S/C17H27NO/c1-5-9-18-17(16-10-13(16)4)14-7-6-8-15(11-14)19-12(2)3/h6-8,11-13,16-18H,5,9-10H2,1-4H3. The number of hydrogen-bond donors (Lipinski definition) is 1. The summed E-state index contributed by atoms with van der Waals surface area (Å²) in [4.78, 5) is 0. The molecule has 0 radical (unpaired) electrons. The van der Waals surface area contributed by atoms with Crippen molar-refractivity contribution < 1.29 is 4.74 Å². The largest absolute Gasteiger partial charge is 0.491 e. The van der Waals surface area contributed by atoms with Crippen LogP contribution >= 0.6 is 0 Å². The monoisotopic (exact) mass is 261 g/mol. The number of rotatable bonds is 7. The number of hydrogen-bond acceptors (Lipinski definition) is 2. The van der Waals surface area contributed by atoms with Crippen molar-refractivity contribution in [3.63, 3.8) is 0 Å². The predicted octanol–water partition coefficient (Wildman–Crippen LogP) is 4.17.